The van der Waals surface area contributed by atoms with Gasteiger partial charge in [-0.25, -0.2) is 9.37 Å². The van der Waals surface area contributed by atoms with Crippen LogP contribution in [0, 0.1) is 11.7 Å². The molecular formula is C22H16ClF4N5O2S. The molecule has 0 bridgehead atoms. The minimum Gasteiger partial charge on any atom is -0.365 e. The van der Waals surface area contributed by atoms with E-state index >= 15 is 0 Å². The largest absolute Gasteiger partial charge is 0.433 e. The van der Waals surface area contributed by atoms with E-state index in [9.17, 15) is 27.2 Å². The zero-order valence-corrected chi connectivity index (χ0v) is 19.4. The SMILES string of the molecule is CC(Cn1cc(Cl)cn1)C(=O)Nc1c(C(N)=O)sc2nc(C(F)(F)F)cc(-c3ccc(F)cc3)c12. The van der Waals surface area contributed by atoms with Crippen molar-refractivity contribution in [3.8, 4) is 11.1 Å². The molecule has 0 spiro atoms. The smallest absolute Gasteiger partial charge is 0.365 e. The van der Waals surface area contributed by atoms with E-state index < -0.39 is 35.4 Å². The van der Waals surface area contributed by atoms with E-state index in [1.165, 1.54) is 29.2 Å². The number of alkyl halides is 3. The van der Waals surface area contributed by atoms with Crippen molar-refractivity contribution in [3.05, 3.63) is 64.1 Å². The summed E-state index contributed by atoms with van der Waals surface area (Å²) in [5.74, 6) is -2.74. The minimum absolute atomic E-state index is 0.00730. The Balaban J connectivity index is 1.85. The summed E-state index contributed by atoms with van der Waals surface area (Å²) in [5.41, 5.74) is 4.45. The second-order valence-corrected chi connectivity index (χ2v) is 9.12. The zero-order valence-electron chi connectivity index (χ0n) is 17.9. The highest BCUT2D eigenvalue weighted by molar-refractivity contribution is 7.21. The number of thiophene rings is 1. The van der Waals surface area contributed by atoms with Crippen molar-refractivity contribution in [2.45, 2.75) is 19.6 Å². The number of amides is 2. The lowest BCUT2D eigenvalue weighted by atomic mass is 10.0. The lowest BCUT2D eigenvalue weighted by molar-refractivity contribution is -0.140. The molecule has 1 atom stereocenters. The van der Waals surface area contributed by atoms with Crippen LogP contribution in [0.4, 0.5) is 23.2 Å². The van der Waals surface area contributed by atoms with Crippen molar-refractivity contribution in [2.75, 3.05) is 5.32 Å². The summed E-state index contributed by atoms with van der Waals surface area (Å²) in [6.07, 6.45) is -1.86. The highest BCUT2D eigenvalue weighted by atomic mass is 35.5. The maximum absolute atomic E-state index is 13.6. The molecule has 0 aliphatic rings. The van der Waals surface area contributed by atoms with E-state index in [0.717, 1.165) is 18.2 Å². The normalized spacial score (nSPS) is 12.6. The number of nitrogens with two attached hydrogens (primary N) is 1. The average molecular weight is 526 g/mol. The predicted molar refractivity (Wildman–Crippen MR) is 124 cm³/mol. The van der Waals surface area contributed by atoms with Crippen molar-refractivity contribution in [1.29, 1.82) is 0 Å². The summed E-state index contributed by atoms with van der Waals surface area (Å²) in [5, 5.41) is 7.10. The fraction of sp³-hybridized carbons (Fsp3) is 0.182. The summed E-state index contributed by atoms with van der Waals surface area (Å²) in [6, 6.07) is 5.55. The molecule has 13 heteroatoms. The Morgan fingerprint density at radius 1 is 1.26 bits per heavy atom. The van der Waals surface area contributed by atoms with Crippen molar-refractivity contribution in [2.24, 2.45) is 11.7 Å². The van der Waals surface area contributed by atoms with Gasteiger partial charge in [0.15, 0.2) is 0 Å². The Morgan fingerprint density at radius 3 is 2.51 bits per heavy atom. The van der Waals surface area contributed by atoms with Crippen LogP contribution in [0.2, 0.25) is 5.02 Å². The molecule has 3 N–H and O–H groups in total. The molecule has 182 valence electrons. The molecule has 0 aliphatic carbocycles. The van der Waals surface area contributed by atoms with Crippen LogP contribution in [0.5, 0.6) is 0 Å². The van der Waals surface area contributed by atoms with Crippen LogP contribution in [0.3, 0.4) is 0 Å². The molecule has 4 aromatic rings. The van der Waals surface area contributed by atoms with Gasteiger partial charge in [-0.3, -0.25) is 14.3 Å². The molecular weight excluding hydrogens is 510 g/mol. The summed E-state index contributed by atoms with van der Waals surface area (Å²) in [4.78, 5) is 28.5. The van der Waals surface area contributed by atoms with Gasteiger partial charge >= 0.3 is 6.18 Å². The first-order valence-corrected chi connectivity index (χ1v) is 11.2. The van der Waals surface area contributed by atoms with Crippen LogP contribution in [0.25, 0.3) is 21.3 Å². The van der Waals surface area contributed by atoms with E-state index in [4.69, 9.17) is 17.3 Å². The predicted octanol–water partition coefficient (Wildman–Crippen LogP) is 5.34. The summed E-state index contributed by atoms with van der Waals surface area (Å²) < 4.78 is 55.7. The third-order valence-electron chi connectivity index (χ3n) is 5.09. The molecule has 0 saturated carbocycles. The molecule has 0 radical (unpaired) electrons. The fourth-order valence-corrected chi connectivity index (χ4v) is 4.61. The van der Waals surface area contributed by atoms with Gasteiger partial charge in [-0.15, -0.1) is 11.3 Å². The van der Waals surface area contributed by atoms with Crippen LogP contribution in [-0.4, -0.2) is 26.6 Å². The number of carbonyl (C=O) groups is 2. The van der Waals surface area contributed by atoms with E-state index in [2.05, 4.69) is 15.4 Å². The molecule has 2 amide bonds. The highest BCUT2D eigenvalue weighted by Gasteiger charge is 2.35. The Labute approximate surface area is 204 Å². The molecule has 0 saturated heterocycles. The van der Waals surface area contributed by atoms with E-state index in [0.29, 0.717) is 16.4 Å². The van der Waals surface area contributed by atoms with Crippen molar-refractivity contribution >= 4 is 50.7 Å². The first-order valence-electron chi connectivity index (χ1n) is 10.0. The van der Waals surface area contributed by atoms with Gasteiger partial charge in [-0.05, 0) is 29.3 Å². The number of halogens is 5. The molecule has 3 heterocycles. The van der Waals surface area contributed by atoms with Gasteiger partial charge in [0, 0.05) is 11.6 Å². The van der Waals surface area contributed by atoms with Crippen molar-refractivity contribution in [3.63, 3.8) is 0 Å². The number of primary amides is 1. The zero-order chi connectivity index (χ0) is 25.5. The molecule has 3 aromatic heterocycles. The monoisotopic (exact) mass is 525 g/mol. The topological polar surface area (TPSA) is 103 Å². The number of hydrogen-bond acceptors (Lipinski definition) is 5. The van der Waals surface area contributed by atoms with Gasteiger partial charge in [0.05, 0.1) is 29.4 Å². The third-order valence-corrected chi connectivity index (χ3v) is 6.38. The number of nitrogens with zero attached hydrogens (tertiary/aromatic N) is 3. The third kappa shape index (κ3) is 5.13. The lowest BCUT2D eigenvalue weighted by Crippen LogP contribution is -2.25. The van der Waals surface area contributed by atoms with Gasteiger partial charge < -0.3 is 11.1 Å². The van der Waals surface area contributed by atoms with Gasteiger partial charge in [-0.2, -0.15) is 18.3 Å². The van der Waals surface area contributed by atoms with Gasteiger partial charge in [-0.1, -0.05) is 30.7 Å². The number of nitrogens with one attached hydrogen (secondary N) is 1. The van der Waals surface area contributed by atoms with Crippen molar-refractivity contribution in [1.82, 2.24) is 14.8 Å². The molecule has 35 heavy (non-hydrogen) atoms. The number of carbonyl (C=O) groups excluding carboxylic acids is 2. The first-order chi connectivity index (χ1) is 16.4. The number of pyridine rings is 1. The molecule has 7 nitrogen and oxygen atoms in total. The summed E-state index contributed by atoms with van der Waals surface area (Å²) >= 11 is 6.47. The highest BCUT2D eigenvalue weighted by Crippen LogP contribution is 2.43. The second-order valence-electron chi connectivity index (χ2n) is 7.68. The quantitative estimate of drug-likeness (QED) is 0.331. The lowest BCUT2D eigenvalue weighted by Gasteiger charge is -2.15. The van der Waals surface area contributed by atoms with Crippen molar-refractivity contribution < 1.29 is 27.2 Å². The Morgan fingerprint density at radius 2 is 1.94 bits per heavy atom. The second kappa shape index (κ2) is 9.27. The van der Waals surface area contributed by atoms with Gasteiger partial charge in [0.1, 0.15) is 21.2 Å². The number of aromatic nitrogens is 3. The standard InChI is InChI=1S/C22H16ClF4N5O2S/c1-10(8-32-9-12(23)7-29-32)20(34)31-17-16-14(11-2-4-13(24)5-3-11)6-15(22(25,26)27)30-21(16)35-18(17)19(28)33/h2-7,9-10H,8H2,1H3,(H2,28,33)(H,31,34). The van der Waals surface area contributed by atoms with Crippen LogP contribution in [-0.2, 0) is 17.5 Å². The van der Waals surface area contributed by atoms with E-state index in [1.54, 1.807) is 6.92 Å². The minimum atomic E-state index is -4.79. The summed E-state index contributed by atoms with van der Waals surface area (Å²) in [6.45, 7) is 1.75. The number of fused-ring (bicyclic) bond motifs is 1. The molecule has 1 unspecified atom stereocenters. The van der Waals surface area contributed by atoms with E-state index in [1.807, 2.05) is 0 Å². The number of hydrogen-bond donors (Lipinski definition) is 2. The van der Waals surface area contributed by atoms with E-state index in [-0.39, 0.29) is 38.5 Å². The number of benzene rings is 1. The maximum Gasteiger partial charge on any atom is 0.433 e. The average Bonchev–Trinajstić information content (AvgIpc) is 3.36. The van der Waals surface area contributed by atoms with Gasteiger partial charge in [0.2, 0.25) is 5.91 Å². The number of rotatable bonds is 6. The van der Waals surface area contributed by atoms with Crippen LogP contribution in [0.1, 0.15) is 22.3 Å². The summed E-state index contributed by atoms with van der Waals surface area (Å²) in [7, 11) is 0. The van der Waals surface area contributed by atoms with Gasteiger partial charge in [0.25, 0.3) is 5.91 Å². The maximum atomic E-state index is 13.6. The number of anilines is 1. The fourth-order valence-electron chi connectivity index (χ4n) is 3.44. The van der Waals surface area contributed by atoms with Crippen LogP contribution >= 0.6 is 22.9 Å². The molecule has 4 rings (SSSR count). The molecule has 1 aromatic carbocycles. The first kappa shape index (κ1) is 24.6. The Hall–Kier alpha value is -3.51. The Bertz CT molecular complexity index is 1430. The Kier molecular flexibility index (Phi) is 6.52. The van der Waals surface area contributed by atoms with Crippen LogP contribution in [0.15, 0.2) is 42.7 Å². The molecule has 0 fully saturated rings. The molecule has 0 aliphatic heterocycles. The van der Waals surface area contributed by atoms with Crippen LogP contribution < -0.4 is 11.1 Å².